The largest absolute Gasteiger partial charge is 0.346 e. The molecule has 0 saturated carbocycles. The molecule has 0 bridgehead atoms. The molecule has 92 valence electrons. The van der Waals surface area contributed by atoms with Gasteiger partial charge in [0.05, 0.1) is 0 Å². The van der Waals surface area contributed by atoms with Crippen molar-refractivity contribution in [3.8, 4) is 0 Å². The molecule has 2 nitrogen and oxygen atoms in total. The van der Waals surface area contributed by atoms with Gasteiger partial charge in [-0.3, -0.25) is 0 Å². The van der Waals surface area contributed by atoms with E-state index in [2.05, 4.69) is 29.3 Å². The Morgan fingerprint density at radius 1 is 1.24 bits per heavy atom. The van der Waals surface area contributed by atoms with Crippen molar-refractivity contribution in [1.82, 2.24) is 4.90 Å². The smallest absolute Gasteiger partial charge is 0.173 e. The van der Waals surface area contributed by atoms with E-state index in [9.17, 15) is 0 Å². The van der Waals surface area contributed by atoms with Crippen LogP contribution in [0.25, 0.3) is 0 Å². The minimum Gasteiger partial charge on any atom is -0.346 e. The van der Waals surface area contributed by atoms with Crippen molar-refractivity contribution in [3.63, 3.8) is 0 Å². The van der Waals surface area contributed by atoms with Crippen LogP contribution in [0.5, 0.6) is 0 Å². The molecule has 0 spiro atoms. The number of benzene rings is 1. The maximum atomic E-state index is 5.51. The predicted octanol–water partition coefficient (Wildman–Crippen LogP) is 3.65. The van der Waals surface area contributed by atoms with Gasteiger partial charge in [0.2, 0.25) is 0 Å². The van der Waals surface area contributed by atoms with Gasteiger partial charge in [0.25, 0.3) is 0 Å². The summed E-state index contributed by atoms with van der Waals surface area (Å²) < 4.78 is 0. The number of nitrogens with one attached hydrogen (secondary N) is 1. The number of anilines is 1. The highest BCUT2D eigenvalue weighted by Gasteiger charge is 2.19. The van der Waals surface area contributed by atoms with Crippen LogP contribution in [0.4, 0.5) is 5.69 Å². The first kappa shape index (κ1) is 12.4. The molecule has 1 aromatic rings. The number of hydrogen-bond donors (Lipinski definition) is 1. The lowest BCUT2D eigenvalue weighted by molar-refractivity contribution is 0.341. The first-order chi connectivity index (χ1) is 8.27. The highest BCUT2D eigenvalue weighted by Crippen LogP contribution is 2.18. The molecule has 0 aliphatic carbocycles. The summed E-state index contributed by atoms with van der Waals surface area (Å²) in [6, 6.07) is 10.7. The second-order valence-electron chi connectivity index (χ2n) is 4.69. The molecule has 1 aromatic carbocycles. The summed E-state index contributed by atoms with van der Waals surface area (Å²) in [6.45, 7) is 3.35. The molecule has 0 radical (unpaired) electrons. The lowest BCUT2D eigenvalue weighted by atomic mass is 10.1. The van der Waals surface area contributed by atoms with Crippen molar-refractivity contribution in [2.24, 2.45) is 0 Å². The zero-order valence-electron chi connectivity index (χ0n) is 10.4. The predicted molar refractivity (Wildman–Crippen MR) is 77.3 cm³/mol. The minimum atomic E-state index is 0.557. The van der Waals surface area contributed by atoms with Crippen molar-refractivity contribution >= 4 is 23.0 Å². The highest BCUT2D eigenvalue weighted by atomic mass is 32.1. The van der Waals surface area contributed by atoms with E-state index in [0.717, 1.165) is 17.3 Å². The molecular formula is C14H20N2S. The number of hydrogen-bond acceptors (Lipinski definition) is 1. The second-order valence-corrected chi connectivity index (χ2v) is 5.07. The Hall–Kier alpha value is -1.09. The number of para-hydroxylation sites is 1. The van der Waals surface area contributed by atoms with Crippen LogP contribution in [0.3, 0.4) is 0 Å². The van der Waals surface area contributed by atoms with E-state index >= 15 is 0 Å². The van der Waals surface area contributed by atoms with Gasteiger partial charge in [0, 0.05) is 18.3 Å². The molecule has 1 aliphatic heterocycles. The van der Waals surface area contributed by atoms with Gasteiger partial charge in [-0.05, 0) is 44.1 Å². The molecule has 1 N–H and O–H groups in total. The Bertz CT molecular complexity index is 364. The van der Waals surface area contributed by atoms with E-state index in [1.54, 1.807) is 0 Å². The molecule has 3 heteroatoms. The molecule has 1 saturated heterocycles. The van der Waals surface area contributed by atoms with Crippen molar-refractivity contribution in [1.29, 1.82) is 0 Å². The topological polar surface area (TPSA) is 15.3 Å². The third-order valence-electron chi connectivity index (χ3n) is 3.34. The lowest BCUT2D eigenvalue weighted by Crippen LogP contribution is -2.40. The van der Waals surface area contributed by atoms with Crippen molar-refractivity contribution in [2.75, 3.05) is 11.9 Å². The Kier molecular flexibility index (Phi) is 4.37. The first-order valence-electron chi connectivity index (χ1n) is 6.40. The van der Waals surface area contributed by atoms with E-state index < -0.39 is 0 Å². The third kappa shape index (κ3) is 3.43. The van der Waals surface area contributed by atoms with Crippen molar-refractivity contribution in [3.05, 3.63) is 30.3 Å². The SMILES string of the molecule is CC1CCCCCN1C(=S)Nc1ccccc1. The summed E-state index contributed by atoms with van der Waals surface area (Å²) in [4.78, 5) is 2.33. The fourth-order valence-electron chi connectivity index (χ4n) is 2.29. The summed E-state index contributed by atoms with van der Waals surface area (Å²) in [5, 5.41) is 4.19. The quantitative estimate of drug-likeness (QED) is 0.764. The number of rotatable bonds is 1. The molecule has 2 rings (SSSR count). The molecule has 0 amide bonds. The van der Waals surface area contributed by atoms with E-state index in [0.29, 0.717) is 6.04 Å². The second kappa shape index (κ2) is 6.01. The summed E-state index contributed by atoms with van der Waals surface area (Å²) in [5.74, 6) is 0. The Balaban J connectivity index is 1.99. The molecule has 1 heterocycles. The summed E-state index contributed by atoms with van der Waals surface area (Å²) in [7, 11) is 0. The lowest BCUT2D eigenvalue weighted by Gasteiger charge is -2.30. The molecule has 1 unspecified atom stereocenters. The zero-order valence-corrected chi connectivity index (χ0v) is 11.2. The summed E-state index contributed by atoms with van der Waals surface area (Å²) in [5.41, 5.74) is 1.08. The molecule has 1 fully saturated rings. The van der Waals surface area contributed by atoms with Gasteiger partial charge in [-0.1, -0.05) is 31.0 Å². The van der Waals surface area contributed by atoms with Crippen LogP contribution >= 0.6 is 12.2 Å². The van der Waals surface area contributed by atoms with Gasteiger partial charge in [-0.2, -0.15) is 0 Å². The van der Waals surface area contributed by atoms with E-state index in [4.69, 9.17) is 12.2 Å². The van der Waals surface area contributed by atoms with Crippen LogP contribution in [-0.4, -0.2) is 22.6 Å². The van der Waals surface area contributed by atoms with Gasteiger partial charge in [0.1, 0.15) is 0 Å². The number of nitrogens with zero attached hydrogens (tertiary/aromatic N) is 1. The van der Waals surface area contributed by atoms with Crippen LogP contribution in [0.2, 0.25) is 0 Å². The van der Waals surface area contributed by atoms with Gasteiger partial charge < -0.3 is 10.2 Å². The van der Waals surface area contributed by atoms with Crippen LogP contribution < -0.4 is 5.32 Å². The third-order valence-corrected chi connectivity index (χ3v) is 3.68. The maximum Gasteiger partial charge on any atom is 0.173 e. The van der Waals surface area contributed by atoms with Gasteiger partial charge in [0.15, 0.2) is 5.11 Å². The number of thiocarbonyl (C=S) groups is 1. The summed E-state index contributed by atoms with van der Waals surface area (Å²) in [6.07, 6.45) is 5.15. The highest BCUT2D eigenvalue weighted by molar-refractivity contribution is 7.80. The van der Waals surface area contributed by atoms with E-state index in [-0.39, 0.29) is 0 Å². The molecule has 0 aromatic heterocycles. The molecule has 17 heavy (non-hydrogen) atoms. The fraction of sp³-hybridized carbons (Fsp3) is 0.500. The average molecular weight is 248 g/mol. The summed E-state index contributed by atoms with van der Waals surface area (Å²) >= 11 is 5.51. The molecule has 1 aliphatic rings. The van der Waals surface area contributed by atoms with Crippen LogP contribution in [0.15, 0.2) is 30.3 Å². The monoisotopic (exact) mass is 248 g/mol. The van der Waals surface area contributed by atoms with Crippen LogP contribution in [-0.2, 0) is 0 Å². The fourth-order valence-corrected chi connectivity index (χ4v) is 2.68. The van der Waals surface area contributed by atoms with Gasteiger partial charge >= 0.3 is 0 Å². The van der Waals surface area contributed by atoms with Crippen LogP contribution in [0, 0.1) is 0 Å². The zero-order chi connectivity index (χ0) is 12.1. The molecule has 1 atom stereocenters. The Morgan fingerprint density at radius 3 is 2.76 bits per heavy atom. The van der Waals surface area contributed by atoms with Gasteiger partial charge in [-0.15, -0.1) is 0 Å². The Labute approximate surface area is 109 Å². The van der Waals surface area contributed by atoms with Crippen molar-refractivity contribution in [2.45, 2.75) is 38.6 Å². The standard InChI is InChI=1S/C14H20N2S/c1-12-8-4-3-7-11-16(12)14(17)15-13-9-5-2-6-10-13/h2,5-6,9-10,12H,3-4,7-8,11H2,1H3,(H,15,17). The first-order valence-corrected chi connectivity index (χ1v) is 6.81. The van der Waals surface area contributed by atoms with Crippen LogP contribution in [0.1, 0.15) is 32.6 Å². The molecular weight excluding hydrogens is 228 g/mol. The average Bonchev–Trinajstić information content (AvgIpc) is 2.55. The van der Waals surface area contributed by atoms with Gasteiger partial charge in [-0.25, -0.2) is 0 Å². The van der Waals surface area contributed by atoms with E-state index in [1.165, 1.54) is 25.7 Å². The Morgan fingerprint density at radius 2 is 2.00 bits per heavy atom. The number of likely N-dealkylation sites (tertiary alicyclic amines) is 1. The minimum absolute atomic E-state index is 0.557. The normalized spacial score (nSPS) is 20.8. The van der Waals surface area contributed by atoms with E-state index in [1.807, 2.05) is 18.2 Å². The van der Waals surface area contributed by atoms with Crippen molar-refractivity contribution < 1.29 is 0 Å². The maximum absolute atomic E-state index is 5.51.